The summed E-state index contributed by atoms with van der Waals surface area (Å²) in [4.78, 5) is 26.3. The maximum Gasteiger partial charge on any atom is 0.327 e. The first-order valence-electron chi connectivity index (χ1n) is 8.29. The SMILES string of the molecule is O=C(O)[C@@H](CS)N(C(=O)Cc1ccccc1)c1cccc2ccccc12. The first-order valence-corrected chi connectivity index (χ1v) is 8.92. The van der Waals surface area contributed by atoms with Crippen molar-refractivity contribution in [3.05, 3.63) is 78.4 Å². The summed E-state index contributed by atoms with van der Waals surface area (Å²) in [5, 5.41) is 11.4. The Morgan fingerprint density at radius 1 is 0.923 bits per heavy atom. The highest BCUT2D eigenvalue weighted by Gasteiger charge is 2.30. The molecule has 0 saturated heterocycles. The van der Waals surface area contributed by atoms with Gasteiger partial charge in [0, 0.05) is 11.1 Å². The number of carboxylic acids is 1. The molecule has 0 unspecified atom stereocenters. The summed E-state index contributed by atoms with van der Waals surface area (Å²) in [5.41, 5.74) is 1.43. The highest BCUT2D eigenvalue weighted by molar-refractivity contribution is 7.80. The highest BCUT2D eigenvalue weighted by atomic mass is 32.1. The van der Waals surface area contributed by atoms with Crippen molar-refractivity contribution >= 4 is 41.0 Å². The Labute approximate surface area is 157 Å². The molecule has 0 spiro atoms. The third-order valence-corrected chi connectivity index (χ3v) is 4.61. The average Bonchev–Trinajstić information content (AvgIpc) is 2.66. The lowest BCUT2D eigenvalue weighted by Crippen LogP contribution is -2.47. The van der Waals surface area contributed by atoms with Gasteiger partial charge in [0.1, 0.15) is 6.04 Å². The zero-order valence-corrected chi connectivity index (χ0v) is 15.0. The van der Waals surface area contributed by atoms with Crippen LogP contribution in [-0.4, -0.2) is 28.8 Å². The second-order valence-electron chi connectivity index (χ2n) is 5.96. The molecule has 3 aromatic rings. The van der Waals surface area contributed by atoms with E-state index in [1.54, 1.807) is 6.07 Å². The molecule has 0 aliphatic carbocycles. The minimum Gasteiger partial charge on any atom is -0.480 e. The van der Waals surface area contributed by atoms with Crippen LogP contribution >= 0.6 is 12.6 Å². The molecule has 0 aliphatic heterocycles. The van der Waals surface area contributed by atoms with Crippen LogP contribution in [0.3, 0.4) is 0 Å². The summed E-state index contributed by atoms with van der Waals surface area (Å²) in [5.74, 6) is -1.32. The van der Waals surface area contributed by atoms with Crippen molar-refractivity contribution in [2.24, 2.45) is 0 Å². The standard InChI is InChI=1S/C21H19NO3S/c23-20(13-15-7-2-1-3-8-15)22(19(14-26)21(24)25)18-12-6-10-16-9-4-5-11-17(16)18/h1-12,19,26H,13-14H2,(H,24,25)/t19-/m1/s1. The van der Waals surface area contributed by atoms with E-state index < -0.39 is 12.0 Å². The molecule has 0 aromatic heterocycles. The van der Waals surface area contributed by atoms with Crippen LogP contribution in [-0.2, 0) is 16.0 Å². The Bertz CT molecular complexity index is 921. The lowest BCUT2D eigenvalue weighted by molar-refractivity contribution is -0.139. The van der Waals surface area contributed by atoms with Crippen LogP contribution in [0.15, 0.2) is 72.8 Å². The maximum absolute atomic E-state index is 13.1. The second-order valence-corrected chi connectivity index (χ2v) is 6.33. The Balaban J connectivity index is 2.08. The maximum atomic E-state index is 13.1. The topological polar surface area (TPSA) is 57.6 Å². The van der Waals surface area contributed by atoms with E-state index in [2.05, 4.69) is 12.6 Å². The van der Waals surface area contributed by atoms with E-state index in [9.17, 15) is 14.7 Å². The van der Waals surface area contributed by atoms with E-state index in [0.717, 1.165) is 16.3 Å². The zero-order valence-electron chi connectivity index (χ0n) is 14.1. The number of carboxylic acid groups (broad SMARTS) is 1. The number of carbonyl (C=O) groups excluding carboxylic acids is 1. The van der Waals surface area contributed by atoms with Gasteiger partial charge in [-0.15, -0.1) is 0 Å². The lowest BCUT2D eigenvalue weighted by Gasteiger charge is -2.29. The van der Waals surface area contributed by atoms with Gasteiger partial charge in [0.25, 0.3) is 0 Å². The molecule has 1 amide bonds. The van der Waals surface area contributed by atoms with Crippen molar-refractivity contribution in [1.82, 2.24) is 0 Å². The van der Waals surface area contributed by atoms with Crippen LogP contribution in [0.25, 0.3) is 10.8 Å². The molecule has 3 rings (SSSR count). The van der Waals surface area contributed by atoms with Crippen molar-refractivity contribution in [2.45, 2.75) is 12.5 Å². The molecule has 132 valence electrons. The molecule has 1 atom stereocenters. The number of nitrogens with zero attached hydrogens (tertiary/aromatic N) is 1. The number of aliphatic carboxylic acids is 1. The fourth-order valence-corrected chi connectivity index (χ4v) is 3.34. The number of anilines is 1. The van der Waals surface area contributed by atoms with Gasteiger partial charge in [-0.05, 0) is 17.0 Å². The molecule has 0 aliphatic rings. The molecular formula is C21H19NO3S. The van der Waals surface area contributed by atoms with Crippen LogP contribution in [0.4, 0.5) is 5.69 Å². The molecule has 26 heavy (non-hydrogen) atoms. The molecule has 0 saturated carbocycles. The first kappa shape index (κ1) is 18.0. The number of carbonyl (C=O) groups is 2. The van der Waals surface area contributed by atoms with E-state index >= 15 is 0 Å². The summed E-state index contributed by atoms with van der Waals surface area (Å²) >= 11 is 4.18. The van der Waals surface area contributed by atoms with E-state index in [0.29, 0.717) is 5.69 Å². The molecule has 5 heteroatoms. The van der Waals surface area contributed by atoms with E-state index in [-0.39, 0.29) is 18.1 Å². The van der Waals surface area contributed by atoms with Gasteiger partial charge in [0.15, 0.2) is 0 Å². The fraction of sp³-hybridized carbons (Fsp3) is 0.143. The minimum atomic E-state index is -1.07. The number of benzene rings is 3. The van der Waals surface area contributed by atoms with Crippen LogP contribution in [0.5, 0.6) is 0 Å². The van der Waals surface area contributed by atoms with Crippen LogP contribution in [0.1, 0.15) is 5.56 Å². The molecule has 3 aromatic carbocycles. The molecule has 0 radical (unpaired) electrons. The van der Waals surface area contributed by atoms with Crippen LogP contribution in [0, 0.1) is 0 Å². The predicted octanol–water partition coefficient (Wildman–Crippen LogP) is 3.80. The number of amides is 1. The summed E-state index contributed by atoms with van der Waals surface area (Å²) in [7, 11) is 0. The van der Waals surface area contributed by atoms with Crippen molar-refractivity contribution in [1.29, 1.82) is 0 Å². The largest absolute Gasteiger partial charge is 0.480 e. The summed E-state index contributed by atoms with van der Waals surface area (Å²) in [6.45, 7) is 0. The van der Waals surface area contributed by atoms with Crippen molar-refractivity contribution < 1.29 is 14.7 Å². The monoisotopic (exact) mass is 365 g/mol. The van der Waals surface area contributed by atoms with Gasteiger partial charge >= 0.3 is 5.97 Å². The van der Waals surface area contributed by atoms with Crippen LogP contribution < -0.4 is 4.90 Å². The number of hydrogen-bond acceptors (Lipinski definition) is 3. The summed E-state index contributed by atoms with van der Waals surface area (Å²) in [6, 6.07) is 21.4. The average molecular weight is 365 g/mol. The van der Waals surface area contributed by atoms with Crippen molar-refractivity contribution in [2.75, 3.05) is 10.7 Å². The van der Waals surface area contributed by atoms with Gasteiger partial charge in [-0.2, -0.15) is 12.6 Å². The Morgan fingerprint density at radius 2 is 1.58 bits per heavy atom. The number of thiol groups is 1. The fourth-order valence-electron chi connectivity index (χ4n) is 3.02. The number of rotatable bonds is 6. The molecule has 0 fully saturated rings. The molecule has 4 nitrogen and oxygen atoms in total. The number of hydrogen-bond donors (Lipinski definition) is 2. The van der Waals surface area contributed by atoms with E-state index in [1.807, 2.05) is 66.7 Å². The summed E-state index contributed by atoms with van der Waals surface area (Å²) < 4.78 is 0. The predicted molar refractivity (Wildman–Crippen MR) is 107 cm³/mol. The summed E-state index contributed by atoms with van der Waals surface area (Å²) in [6.07, 6.45) is 0.127. The minimum absolute atomic E-state index is 0.0269. The molecule has 0 bridgehead atoms. The quantitative estimate of drug-likeness (QED) is 0.653. The molecular weight excluding hydrogens is 346 g/mol. The number of fused-ring (bicyclic) bond motifs is 1. The highest BCUT2D eigenvalue weighted by Crippen LogP contribution is 2.29. The third-order valence-electron chi connectivity index (χ3n) is 4.26. The van der Waals surface area contributed by atoms with Crippen molar-refractivity contribution in [3.63, 3.8) is 0 Å². The zero-order chi connectivity index (χ0) is 18.5. The van der Waals surface area contributed by atoms with Gasteiger partial charge in [0.05, 0.1) is 12.1 Å². The smallest absolute Gasteiger partial charge is 0.327 e. The van der Waals surface area contributed by atoms with Gasteiger partial charge in [-0.3, -0.25) is 9.69 Å². The molecule has 1 N–H and O–H groups in total. The Kier molecular flexibility index (Phi) is 5.58. The van der Waals surface area contributed by atoms with Crippen molar-refractivity contribution in [3.8, 4) is 0 Å². The van der Waals surface area contributed by atoms with Gasteiger partial charge in [-0.1, -0.05) is 66.7 Å². The van der Waals surface area contributed by atoms with Gasteiger partial charge in [0.2, 0.25) is 5.91 Å². The second kappa shape index (κ2) is 8.06. The van der Waals surface area contributed by atoms with E-state index in [1.165, 1.54) is 4.90 Å². The normalized spacial score (nSPS) is 11.9. The van der Waals surface area contributed by atoms with Gasteiger partial charge in [-0.25, -0.2) is 4.79 Å². The molecule has 0 heterocycles. The van der Waals surface area contributed by atoms with E-state index in [4.69, 9.17) is 0 Å². The third kappa shape index (κ3) is 3.73. The Morgan fingerprint density at radius 3 is 2.27 bits per heavy atom. The Hall–Kier alpha value is -2.79. The first-order chi connectivity index (χ1) is 12.6. The van der Waals surface area contributed by atoms with Gasteiger partial charge < -0.3 is 5.11 Å². The lowest BCUT2D eigenvalue weighted by atomic mass is 10.0. The van der Waals surface area contributed by atoms with Crippen LogP contribution in [0.2, 0.25) is 0 Å².